The number of piperidine rings is 2. The highest BCUT2D eigenvalue weighted by Gasteiger charge is 2.30. The molecular weight excluding hydrogens is 248 g/mol. The van der Waals surface area contributed by atoms with Crippen molar-refractivity contribution in [2.24, 2.45) is 17.8 Å². The summed E-state index contributed by atoms with van der Waals surface area (Å²) < 4.78 is 0. The number of likely N-dealkylation sites (tertiary alicyclic amines) is 2. The maximum Gasteiger partial charge on any atom is 0.225 e. The van der Waals surface area contributed by atoms with Crippen molar-refractivity contribution in [2.45, 2.75) is 52.9 Å². The molecule has 2 aliphatic rings. The Hall–Kier alpha value is -0.570. The lowest BCUT2D eigenvalue weighted by Crippen LogP contribution is -2.45. The average Bonchev–Trinajstić information content (AvgIpc) is 2.47. The molecule has 20 heavy (non-hydrogen) atoms. The Labute approximate surface area is 124 Å². The third kappa shape index (κ3) is 4.21. The predicted octanol–water partition coefficient (Wildman–Crippen LogP) is 3.00. The molecule has 0 aromatic carbocycles. The van der Waals surface area contributed by atoms with Crippen LogP contribution in [0.1, 0.15) is 52.9 Å². The molecule has 2 saturated heterocycles. The topological polar surface area (TPSA) is 23.6 Å². The number of carbonyl (C=O) groups is 1. The molecule has 0 unspecified atom stereocenters. The minimum atomic E-state index is 0.305. The van der Waals surface area contributed by atoms with Gasteiger partial charge in [-0.15, -0.1) is 0 Å². The number of hydrogen-bond acceptors (Lipinski definition) is 2. The van der Waals surface area contributed by atoms with Crippen LogP contribution in [-0.4, -0.2) is 48.4 Å². The number of amides is 1. The second kappa shape index (κ2) is 7.44. The zero-order chi connectivity index (χ0) is 14.5. The van der Waals surface area contributed by atoms with Crippen molar-refractivity contribution < 1.29 is 4.79 Å². The highest BCUT2D eigenvalue weighted by molar-refractivity contribution is 5.79. The molecule has 0 saturated carbocycles. The van der Waals surface area contributed by atoms with Gasteiger partial charge in [-0.2, -0.15) is 0 Å². The summed E-state index contributed by atoms with van der Waals surface area (Å²) in [6.07, 6.45) is 5.91. The lowest BCUT2D eigenvalue weighted by atomic mass is 9.87. The molecule has 0 N–H and O–H groups in total. The average molecular weight is 280 g/mol. The van der Waals surface area contributed by atoms with Crippen LogP contribution in [0.4, 0.5) is 0 Å². The molecule has 0 aromatic rings. The van der Waals surface area contributed by atoms with E-state index in [2.05, 4.69) is 30.6 Å². The molecule has 0 spiro atoms. The second-order valence-electron chi connectivity index (χ2n) is 7.11. The largest absolute Gasteiger partial charge is 0.342 e. The van der Waals surface area contributed by atoms with Crippen molar-refractivity contribution in [1.82, 2.24) is 9.80 Å². The number of hydrogen-bond donors (Lipinski definition) is 0. The smallest absolute Gasteiger partial charge is 0.225 e. The molecule has 2 heterocycles. The van der Waals surface area contributed by atoms with E-state index in [-0.39, 0.29) is 0 Å². The molecule has 2 fully saturated rings. The van der Waals surface area contributed by atoms with Crippen molar-refractivity contribution in [3.63, 3.8) is 0 Å². The molecule has 2 rings (SSSR count). The summed E-state index contributed by atoms with van der Waals surface area (Å²) in [6.45, 7) is 12.2. The van der Waals surface area contributed by atoms with E-state index in [1.165, 1.54) is 19.3 Å². The molecular formula is C17H32N2O. The van der Waals surface area contributed by atoms with E-state index in [4.69, 9.17) is 0 Å². The molecule has 116 valence electrons. The highest BCUT2D eigenvalue weighted by Crippen LogP contribution is 2.26. The fourth-order valence-corrected chi connectivity index (χ4v) is 3.81. The molecule has 0 atom stereocenters. The minimum Gasteiger partial charge on any atom is -0.342 e. The van der Waals surface area contributed by atoms with Gasteiger partial charge in [-0.3, -0.25) is 4.79 Å². The first kappa shape index (κ1) is 15.8. The van der Waals surface area contributed by atoms with E-state index in [0.717, 1.165) is 57.4 Å². The Bertz CT molecular complexity index is 300. The van der Waals surface area contributed by atoms with Crippen molar-refractivity contribution in [1.29, 1.82) is 0 Å². The van der Waals surface area contributed by atoms with Crippen LogP contribution >= 0.6 is 0 Å². The van der Waals surface area contributed by atoms with Gasteiger partial charge in [0, 0.05) is 19.0 Å². The molecule has 3 heteroatoms. The van der Waals surface area contributed by atoms with Gasteiger partial charge >= 0.3 is 0 Å². The quantitative estimate of drug-likeness (QED) is 0.790. The van der Waals surface area contributed by atoms with Crippen LogP contribution in [0, 0.1) is 17.8 Å². The van der Waals surface area contributed by atoms with Gasteiger partial charge in [-0.05, 0) is 63.6 Å². The van der Waals surface area contributed by atoms with Crippen LogP contribution in [0.2, 0.25) is 0 Å². The molecule has 2 aliphatic heterocycles. The van der Waals surface area contributed by atoms with Gasteiger partial charge in [0.15, 0.2) is 0 Å². The first-order chi connectivity index (χ1) is 9.60. The van der Waals surface area contributed by atoms with Gasteiger partial charge in [-0.1, -0.05) is 20.8 Å². The molecule has 0 aliphatic carbocycles. The van der Waals surface area contributed by atoms with Crippen molar-refractivity contribution in [3.05, 3.63) is 0 Å². The fourth-order valence-electron chi connectivity index (χ4n) is 3.81. The van der Waals surface area contributed by atoms with E-state index in [0.29, 0.717) is 11.8 Å². The Morgan fingerprint density at radius 2 is 1.65 bits per heavy atom. The van der Waals surface area contributed by atoms with Gasteiger partial charge in [0.25, 0.3) is 0 Å². The van der Waals surface area contributed by atoms with Crippen LogP contribution < -0.4 is 0 Å². The summed E-state index contributed by atoms with van der Waals surface area (Å²) in [4.78, 5) is 17.2. The number of rotatable bonds is 4. The third-order valence-electron chi connectivity index (χ3n) is 5.11. The first-order valence-electron chi connectivity index (χ1n) is 8.61. The molecule has 1 amide bonds. The van der Waals surface area contributed by atoms with E-state index in [1.54, 1.807) is 0 Å². The standard InChI is InChI=1S/C17H32N2O/c1-4-18-9-7-16(8-10-18)17(20)19-11-5-15(6-12-19)13-14(2)3/h14-16H,4-13H2,1-3H3. The van der Waals surface area contributed by atoms with Gasteiger partial charge in [0.1, 0.15) is 0 Å². The van der Waals surface area contributed by atoms with Gasteiger partial charge in [0.2, 0.25) is 5.91 Å². The number of carbonyl (C=O) groups excluding carboxylic acids is 1. The first-order valence-corrected chi connectivity index (χ1v) is 8.61. The van der Waals surface area contributed by atoms with Crippen molar-refractivity contribution in [3.8, 4) is 0 Å². The maximum absolute atomic E-state index is 12.6. The lowest BCUT2D eigenvalue weighted by molar-refractivity contribution is -0.138. The Morgan fingerprint density at radius 3 is 2.15 bits per heavy atom. The predicted molar refractivity (Wildman–Crippen MR) is 83.6 cm³/mol. The molecule has 0 bridgehead atoms. The highest BCUT2D eigenvalue weighted by atomic mass is 16.2. The summed E-state index contributed by atoms with van der Waals surface area (Å²) in [5.74, 6) is 2.39. The van der Waals surface area contributed by atoms with Crippen LogP contribution in [-0.2, 0) is 4.79 Å². The van der Waals surface area contributed by atoms with E-state index in [9.17, 15) is 4.79 Å². The van der Waals surface area contributed by atoms with Gasteiger partial charge in [-0.25, -0.2) is 0 Å². The molecule has 3 nitrogen and oxygen atoms in total. The maximum atomic E-state index is 12.6. The van der Waals surface area contributed by atoms with E-state index < -0.39 is 0 Å². The van der Waals surface area contributed by atoms with Crippen molar-refractivity contribution >= 4 is 5.91 Å². The lowest BCUT2D eigenvalue weighted by Gasteiger charge is -2.37. The number of nitrogens with zero attached hydrogens (tertiary/aromatic N) is 2. The van der Waals surface area contributed by atoms with Gasteiger partial charge in [0.05, 0.1) is 0 Å². The Morgan fingerprint density at radius 1 is 1.05 bits per heavy atom. The minimum absolute atomic E-state index is 0.305. The van der Waals surface area contributed by atoms with Gasteiger partial charge < -0.3 is 9.80 Å². The summed E-state index contributed by atoms with van der Waals surface area (Å²) in [6, 6.07) is 0. The Balaban J connectivity index is 1.75. The second-order valence-corrected chi connectivity index (χ2v) is 7.11. The van der Waals surface area contributed by atoms with Crippen LogP contribution in [0.15, 0.2) is 0 Å². The van der Waals surface area contributed by atoms with E-state index >= 15 is 0 Å². The normalized spacial score (nSPS) is 23.5. The molecule has 0 radical (unpaired) electrons. The molecule has 0 aromatic heterocycles. The van der Waals surface area contributed by atoms with E-state index in [1.807, 2.05) is 0 Å². The van der Waals surface area contributed by atoms with Crippen molar-refractivity contribution in [2.75, 3.05) is 32.7 Å². The zero-order valence-electron chi connectivity index (χ0n) is 13.6. The monoisotopic (exact) mass is 280 g/mol. The summed E-state index contributed by atoms with van der Waals surface area (Å²) in [5.41, 5.74) is 0. The summed E-state index contributed by atoms with van der Waals surface area (Å²) in [7, 11) is 0. The third-order valence-corrected chi connectivity index (χ3v) is 5.11. The van der Waals surface area contributed by atoms with Crippen LogP contribution in [0.25, 0.3) is 0 Å². The zero-order valence-corrected chi connectivity index (χ0v) is 13.6. The SMILES string of the molecule is CCN1CCC(C(=O)N2CCC(CC(C)C)CC2)CC1. The summed E-state index contributed by atoms with van der Waals surface area (Å²) >= 11 is 0. The van der Waals surface area contributed by atoms with Crippen LogP contribution in [0.5, 0.6) is 0 Å². The Kier molecular flexibility index (Phi) is 5.88. The van der Waals surface area contributed by atoms with Crippen LogP contribution in [0.3, 0.4) is 0 Å². The fraction of sp³-hybridized carbons (Fsp3) is 0.941. The summed E-state index contributed by atoms with van der Waals surface area (Å²) in [5, 5.41) is 0.